The Balaban J connectivity index is 2.55. The third-order valence-corrected chi connectivity index (χ3v) is 3.12. The van der Waals surface area contributed by atoms with Crippen LogP contribution in [0.5, 0.6) is 0 Å². The zero-order valence-electron chi connectivity index (χ0n) is 8.04. The van der Waals surface area contributed by atoms with Gasteiger partial charge in [-0.3, -0.25) is 0 Å². The van der Waals surface area contributed by atoms with Gasteiger partial charge in [0.2, 0.25) is 0 Å². The van der Waals surface area contributed by atoms with Crippen molar-refractivity contribution in [3.05, 3.63) is 39.2 Å². The number of halogens is 1. The summed E-state index contributed by atoms with van der Waals surface area (Å²) >= 11 is 7.28. The predicted octanol–water partition coefficient (Wildman–Crippen LogP) is 4.08. The van der Waals surface area contributed by atoms with Crippen LogP contribution >= 0.6 is 22.9 Å². The third-order valence-electron chi connectivity index (χ3n) is 2.15. The van der Waals surface area contributed by atoms with Gasteiger partial charge in [-0.15, -0.1) is 11.3 Å². The molecule has 0 aliphatic carbocycles. The average molecular weight is 224 g/mol. The number of benzene rings is 1. The second kappa shape index (κ2) is 3.71. The highest BCUT2D eigenvalue weighted by Crippen LogP contribution is 2.27. The van der Waals surface area contributed by atoms with E-state index in [9.17, 15) is 0 Å². The van der Waals surface area contributed by atoms with Gasteiger partial charge in [0.25, 0.3) is 0 Å². The molecule has 0 bridgehead atoms. The van der Waals surface area contributed by atoms with Gasteiger partial charge in [0.1, 0.15) is 0 Å². The number of nitrogens with zero attached hydrogens (tertiary/aromatic N) is 1. The number of rotatable bonds is 1. The maximum atomic E-state index is 5.81. The lowest BCUT2D eigenvalue weighted by molar-refractivity contribution is 1.34. The van der Waals surface area contributed by atoms with Gasteiger partial charge in [0.05, 0.1) is 5.69 Å². The monoisotopic (exact) mass is 223 g/mol. The van der Waals surface area contributed by atoms with E-state index in [4.69, 9.17) is 11.6 Å². The predicted molar refractivity (Wildman–Crippen MR) is 62.0 cm³/mol. The lowest BCUT2D eigenvalue weighted by Gasteiger charge is -2.03. The third kappa shape index (κ3) is 1.81. The van der Waals surface area contributed by atoms with E-state index in [1.807, 2.05) is 5.38 Å². The molecule has 0 radical (unpaired) electrons. The quantitative estimate of drug-likeness (QED) is 0.710. The summed E-state index contributed by atoms with van der Waals surface area (Å²) in [6.45, 7) is 4.17. The van der Waals surface area contributed by atoms with E-state index in [0.29, 0.717) is 4.47 Å². The molecule has 1 aromatic heterocycles. The van der Waals surface area contributed by atoms with Crippen molar-refractivity contribution < 1.29 is 0 Å². The minimum absolute atomic E-state index is 0.598. The maximum Gasteiger partial charge on any atom is 0.184 e. The zero-order chi connectivity index (χ0) is 10.1. The molecular weight excluding hydrogens is 214 g/mol. The first kappa shape index (κ1) is 9.69. The van der Waals surface area contributed by atoms with Crippen LogP contribution < -0.4 is 0 Å². The fourth-order valence-corrected chi connectivity index (χ4v) is 2.15. The van der Waals surface area contributed by atoms with Crippen molar-refractivity contribution >= 4 is 22.9 Å². The molecule has 72 valence electrons. The Morgan fingerprint density at radius 3 is 2.71 bits per heavy atom. The van der Waals surface area contributed by atoms with Gasteiger partial charge in [0.15, 0.2) is 4.47 Å². The summed E-state index contributed by atoms with van der Waals surface area (Å²) in [7, 11) is 0. The van der Waals surface area contributed by atoms with Crippen molar-refractivity contribution in [3.63, 3.8) is 0 Å². The van der Waals surface area contributed by atoms with Crippen LogP contribution in [0.25, 0.3) is 11.3 Å². The van der Waals surface area contributed by atoms with Gasteiger partial charge >= 0.3 is 0 Å². The summed E-state index contributed by atoms with van der Waals surface area (Å²) in [6.07, 6.45) is 0. The van der Waals surface area contributed by atoms with Crippen LogP contribution in [0.2, 0.25) is 4.47 Å². The topological polar surface area (TPSA) is 12.9 Å². The Labute approximate surface area is 92.4 Å². The minimum Gasteiger partial charge on any atom is -0.225 e. The number of thiazole rings is 1. The van der Waals surface area contributed by atoms with E-state index in [2.05, 4.69) is 37.0 Å². The van der Waals surface area contributed by atoms with Gasteiger partial charge in [0, 0.05) is 10.9 Å². The van der Waals surface area contributed by atoms with Gasteiger partial charge < -0.3 is 0 Å². The van der Waals surface area contributed by atoms with E-state index >= 15 is 0 Å². The highest BCUT2D eigenvalue weighted by atomic mass is 35.5. The lowest BCUT2D eigenvalue weighted by Crippen LogP contribution is -1.84. The fourth-order valence-electron chi connectivity index (χ4n) is 1.39. The van der Waals surface area contributed by atoms with Crippen molar-refractivity contribution in [2.75, 3.05) is 0 Å². The Kier molecular flexibility index (Phi) is 2.57. The van der Waals surface area contributed by atoms with Gasteiger partial charge in [-0.05, 0) is 25.5 Å². The first-order valence-electron chi connectivity index (χ1n) is 4.35. The van der Waals surface area contributed by atoms with Crippen LogP contribution in [-0.2, 0) is 0 Å². The van der Waals surface area contributed by atoms with Crippen molar-refractivity contribution in [2.24, 2.45) is 0 Å². The second-order valence-corrected chi connectivity index (χ2v) is 4.74. The standard InChI is InChI=1S/C11H10ClNS/c1-7-3-4-8(2)9(5-7)10-6-14-11(12)13-10/h3-6H,1-2H3. The summed E-state index contributed by atoms with van der Waals surface area (Å²) in [5.41, 5.74) is 4.63. The van der Waals surface area contributed by atoms with Crippen LogP contribution in [0.15, 0.2) is 23.6 Å². The van der Waals surface area contributed by atoms with Crippen LogP contribution in [-0.4, -0.2) is 4.98 Å². The molecule has 0 N–H and O–H groups in total. The molecule has 0 spiro atoms. The largest absolute Gasteiger partial charge is 0.225 e. The molecule has 1 nitrogen and oxygen atoms in total. The Morgan fingerprint density at radius 1 is 1.29 bits per heavy atom. The highest BCUT2D eigenvalue weighted by Gasteiger charge is 2.05. The second-order valence-electron chi connectivity index (χ2n) is 3.30. The van der Waals surface area contributed by atoms with Gasteiger partial charge in [-0.2, -0.15) is 0 Å². The molecule has 2 rings (SSSR count). The van der Waals surface area contributed by atoms with Crippen LogP contribution in [0, 0.1) is 13.8 Å². The molecule has 0 saturated heterocycles. The molecule has 0 unspecified atom stereocenters. The highest BCUT2D eigenvalue weighted by molar-refractivity contribution is 7.14. The zero-order valence-corrected chi connectivity index (χ0v) is 9.62. The average Bonchev–Trinajstić information content (AvgIpc) is 2.56. The van der Waals surface area contributed by atoms with E-state index in [1.165, 1.54) is 28.0 Å². The molecule has 2 aromatic rings. The normalized spacial score (nSPS) is 10.5. The summed E-state index contributed by atoms with van der Waals surface area (Å²) in [5.74, 6) is 0. The van der Waals surface area contributed by atoms with Crippen molar-refractivity contribution in [1.29, 1.82) is 0 Å². The summed E-state index contributed by atoms with van der Waals surface area (Å²) in [4.78, 5) is 4.27. The van der Waals surface area contributed by atoms with Crippen LogP contribution in [0.3, 0.4) is 0 Å². The first-order chi connectivity index (χ1) is 6.66. The van der Waals surface area contributed by atoms with Gasteiger partial charge in [-0.1, -0.05) is 29.3 Å². The van der Waals surface area contributed by atoms with Crippen molar-refractivity contribution in [3.8, 4) is 11.3 Å². The summed E-state index contributed by atoms with van der Waals surface area (Å²) < 4.78 is 0.598. The van der Waals surface area contributed by atoms with Crippen molar-refractivity contribution in [2.45, 2.75) is 13.8 Å². The smallest absolute Gasteiger partial charge is 0.184 e. The van der Waals surface area contributed by atoms with E-state index in [0.717, 1.165) is 5.69 Å². The SMILES string of the molecule is Cc1ccc(C)c(-c2csc(Cl)n2)c1. The maximum absolute atomic E-state index is 5.81. The molecule has 0 amide bonds. The van der Waals surface area contributed by atoms with Crippen LogP contribution in [0.4, 0.5) is 0 Å². The molecule has 0 saturated carbocycles. The molecule has 0 fully saturated rings. The van der Waals surface area contributed by atoms with Crippen LogP contribution in [0.1, 0.15) is 11.1 Å². The Hall–Kier alpha value is -0.860. The van der Waals surface area contributed by atoms with Crippen molar-refractivity contribution in [1.82, 2.24) is 4.98 Å². The molecule has 0 aliphatic heterocycles. The molecule has 14 heavy (non-hydrogen) atoms. The van der Waals surface area contributed by atoms with E-state index in [1.54, 1.807) is 0 Å². The molecule has 1 heterocycles. The molecular formula is C11H10ClNS. The minimum atomic E-state index is 0.598. The molecule has 0 atom stereocenters. The van der Waals surface area contributed by atoms with E-state index < -0.39 is 0 Å². The number of hydrogen-bond acceptors (Lipinski definition) is 2. The van der Waals surface area contributed by atoms with E-state index in [-0.39, 0.29) is 0 Å². The lowest BCUT2D eigenvalue weighted by atomic mass is 10.0. The molecule has 1 aromatic carbocycles. The number of aryl methyl sites for hydroxylation is 2. The molecule has 0 aliphatic rings. The van der Waals surface area contributed by atoms with Gasteiger partial charge in [-0.25, -0.2) is 4.98 Å². The molecule has 3 heteroatoms. The Morgan fingerprint density at radius 2 is 2.07 bits per heavy atom. The first-order valence-corrected chi connectivity index (χ1v) is 5.61. The summed E-state index contributed by atoms with van der Waals surface area (Å²) in [6, 6.07) is 6.35. The number of hydrogen-bond donors (Lipinski definition) is 0. The number of aromatic nitrogens is 1. The Bertz CT molecular complexity index is 462. The summed E-state index contributed by atoms with van der Waals surface area (Å²) in [5, 5.41) is 1.99. The fraction of sp³-hybridized carbons (Fsp3) is 0.182.